The molecule has 102 valence electrons. The van der Waals surface area contributed by atoms with E-state index in [1.807, 2.05) is 18.2 Å². The Bertz CT molecular complexity index is 292. The van der Waals surface area contributed by atoms with Gasteiger partial charge in [0.15, 0.2) is 0 Å². The van der Waals surface area contributed by atoms with Crippen LogP contribution in [-0.4, -0.2) is 5.66 Å². The van der Waals surface area contributed by atoms with Gasteiger partial charge in [0.25, 0.3) is 0 Å². The van der Waals surface area contributed by atoms with E-state index in [9.17, 15) is 0 Å². The average molecular weight is 248 g/mol. The molecule has 0 spiro atoms. The van der Waals surface area contributed by atoms with Crippen LogP contribution in [0.5, 0.6) is 0 Å². The first-order chi connectivity index (χ1) is 8.41. The average Bonchev–Trinajstić information content (AvgIpc) is 2.28. The maximum atomic E-state index is 6.39. The van der Waals surface area contributed by atoms with Gasteiger partial charge < -0.3 is 11.5 Å². The highest BCUT2D eigenvalue weighted by Gasteiger charge is 2.47. The van der Waals surface area contributed by atoms with Crippen LogP contribution in [0.2, 0.25) is 0 Å². The Kier molecular flexibility index (Phi) is 6.89. The fraction of sp³-hybridized carbons (Fsp3) is 0.500. The van der Waals surface area contributed by atoms with E-state index < -0.39 is 5.66 Å². The first kappa shape index (κ1) is 16.9. The van der Waals surface area contributed by atoms with Gasteiger partial charge in [0, 0.05) is 5.41 Å². The molecule has 0 amide bonds. The number of allylic oxidation sites excluding steroid dienone is 3. The minimum Gasteiger partial charge on any atom is -0.313 e. The Balaban J connectivity index is 5.56. The largest absolute Gasteiger partial charge is 0.313 e. The van der Waals surface area contributed by atoms with Crippen LogP contribution in [0.1, 0.15) is 32.6 Å². The summed E-state index contributed by atoms with van der Waals surface area (Å²) in [6.45, 7) is 17.4. The van der Waals surface area contributed by atoms with Crippen molar-refractivity contribution >= 4 is 0 Å². The fourth-order valence-electron chi connectivity index (χ4n) is 2.76. The molecule has 4 N–H and O–H groups in total. The number of hydrogen-bond acceptors (Lipinski definition) is 2. The molecule has 0 aromatic carbocycles. The molecule has 0 aromatic rings. The van der Waals surface area contributed by atoms with Gasteiger partial charge in [-0.1, -0.05) is 31.2 Å². The molecule has 0 saturated carbocycles. The summed E-state index contributed by atoms with van der Waals surface area (Å²) >= 11 is 0. The van der Waals surface area contributed by atoms with E-state index in [2.05, 4.69) is 33.2 Å². The fourth-order valence-corrected chi connectivity index (χ4v) is 2.76. The molecular formula is C16H28N2. The molecule has 0 radical (unpaired) electrons. The second-order valence-corrected chi connectivity index (χ2v) is 5.10. The van der Waals surface area contributed by atoms with Crippen molar-refractivity contribution in [3.8, 4) is 0 Å². The minimum atomic E-state index is -0.820. The maximum Gasteiger partial charge on any atom is 0.0738 e. The molecule has 0 bridgehead atoms. The van der Waals surface area contributed by atoms with E-state index in [4.69, 9.17) is 11.5 Å². The molecule has 1 atom stereocenters. The van der Waals surface area contributed by atoms with Gasteiger partial charge in [-0.05, 0) is 31.6 Å². The van der Waals surface area contributed by atoms with Gasteiger partial charge in [-0.2, -0.15) is 0 Å². The topological polar surface area (TPSA) is 52.0 Å². The first-order valence-corrected chi connectivity index (χ1v) is 6.43. The van der Waals surface area contributed by atoms with E-state index in [1.54, 1.807) is 6.08 Å². The van der Waals surface area contributed by atoms with Crippen molar-refractivity contribution in [1.29, 1.82) is 0 Å². The van der Waals surface area contributed by atoms with Crippen molar-refractivity contribution in [2.24, 2.45) is 22.8 Å². The maximum absolute atomic E-state index is 6.39. The molecule has 0 saturated heterocycles. The van der Waals surface area contributed by atoms with Crippen molar-refractivity contribution in [3.05, 3.63) is 50.6 Å². The Morgan fingerprint density at radius 3 is 1.67 bits per heavy atom. The third kappa shape index (κ3) is 3.44. The van der Waals surface area contributed by atoms with E-state index >= 15 is 0 Å². The van der Waals surface area contributed by atoms with Crippen LogP contribution in [0.4, 0.5) is 0 Å². The zero-order chi connectivity index (χ0) is 14.2. The number of hydrogen-bond donors (Lipinski definition) is 2. The summed E-state index contributed by atoms with van der Waals surface area (Å²) in [5.74, 6) is 0.306. The summed E-state index contributed by atoms with van der Waals surface area (Å²) < 4.78 is 0. The third-order valence-corrected chi connectivity index (χ3v) is 3.89. The lowest BCUT2D eigenvalue weighted by molar-refractivity contribution is 0.0611. The highest BCUT2D eigenvalue weighted by atomic mass is 15.0. The lowest BCUT2D eigenvalue weighted by atomic mass is 9.61. The molecule has 0 fully saturated rings. The second kappa shape index (κ2) is 7.34. The third-order valence-electron chi connectivity index (χ3n) is 3.89. The van der Waals surface area contributed by atoms with Gasteiger partial charge >= 0.3 is 0 Å². The van der Waals surface area contributed by atoms with Crippen LogP contribution in [-0.2, 0) is 0 Å². The van der Waals surface area contributed by atoms with Crippen LogP contribution >= 0.6 is 0 Å². The Labute approximate surface area is 112 Å². The SMILES string of the molecule is C=CCC(C)C(CC=C)(CC=C)C(N)(N)CC=C. The molecule has 0 aliphatic rings. The normalized spacial score (nSPS) is 13.7. The predicted molar refractivity (Wildman–Crippen MR) is 82.0 cm³/mol. The van der Waals surface area contributed by atoms with Gasteiger partial charge in [0.1, 0.15) is 0 Å². The van der Waals surface area contributed by atoms with Gasteiger partial charge in [-0.15, -0.1) is 26.3 Å². The van der Waals surface area contributed by atoms with Crippen molar-refractivity contribution in [1.82, 2.24) is 0 Å². The van der Waals surface area contributed by atoms with Crippen LogP contribution < -0.4 is 11.5 Å². The van der Waals surface area contributed by atoms with E-state index in [0.29, 0.717) is 12.3 Å². The molecule has 0 aliphatic heterocycles. The summed E-state index contributed by atoms with van der Waals surface area (Å²) in [5, 5.41) is 0. The summed E-state index contributed by atoms with van der Waals surface area (Å²) in [7, 11) is 0. The van der Waals surface area contributed by atoms with Gasteiger partial charge in [0.2, 0.25) is 0 Å². The standard InChI is InChI=1S/C16H28N2/c1-6-10-14(5)15(11-7-2,12-8-3)16(17,18)13-9-4/h6-9,14H,1-4,10-13,17-18H2,5H3. The van der Waals surface area contributed by atoms with Gasteiger partial charge in [-0.3, -0.25) is 0 Å². The van der Waals surface area contributed by atoms with Crippen molar-refractivity contribution in [2.45, 2.75) is 38.3 Å². The molecule has 1 unspecified atom stereocenters. The summed E-state index contributed by atoms with van der Waals surface area (Å²) in [5.41, 5.74) is 11.7. The van der Waals surface area contributed by atoms with Crippen molar-refractivity contribution < 1.29 is 0 Å². The Morgan fingerprint density at radius 2 is 1.33 bits per heavy atom. The Hall–Kier alpha value is -1.12. The zero-order valence-electron chi connectivity index (χ0n) is 11.7. The zero-order valence-corrected chi connectivity index (χ0v) is 11.7. The molecule has 18 heavy (non-hydrogen) atoms. The van der Waals surface area contributed by atoms with E-state index in [0.717, 1.165) is 19.3 Å². The predicted octanol–water partition coefficient (Wildman–Crippen LogP) is 3.53. The molecular weight excluding hydrogens is 220 g/mol. The minimum absolute atomic E-state index is 0.265. The van der Waals surface area contributed by atoms with Gasteiger partial charge in [-0.25, -0.2) is 0 Å². The highest BCUT2D eigenvalue weighted by molar-refractivity contribution is 5.09. The van der Waals surface area contributed by atoms with Crippen LogP contribution in [0.3, 0.4) is 0 Å². The summed E-state index contributed by atoms with van der Waals surface area (Å²) in [4.78, 5) is 0. The lowest BCUT2D eigenvalue weighted by Crippen LogP contribution is -2.64. The smallest absolute Gasteiger partial charge is 0.0738 e. The van der Waals surface area contributed by atoms with Crippen LogP contribution in [0.15, 0.2) is 50.6 Å². The van der Waals surface area contributed by atoms with E-state index in [1.165, 1.54) is 0 Å². The highest BCUT2D eigenvalue weighted by Crippen LogP contribution is 2.45. The van der Waals surface area contributed by atoms with Gasteiger partial charge in [0.05, 0.1) is 5.66 Å². The second-order valence-electron chi connectivity index (χ2n) is 5.10. The van der Waals surface area contributed by atoms with Crippen molar-refractivity contribution in [3.63, 3.8) is 0 Å². The molecule has 0 rings (SSSR count). The first-order valence-electron chi connectivity index (χ1n) is 6.43. The number of nitrogens with two attached hydrogens (primary N) is 2. The molecule has 0 aliphatic carbocycles. The molecule has 2 nitrogen and oxygen atoms in total. The summed E-state index contributed by atoms with van der Waals surface area (Å²) in [6, 6.07) is 0. The molecule has 2 heteroatoms. The van der Waals surface area contributed by atoms with E-state index in [-0.39, 0.29) is 5.41 Å². The molecule has 0 aromatic heterocycles. The number of rotatable bonds is 10. The molecule has 0 heterocycles. The lowest BCUT2D eigenvalue weighted by Gasteiger charge is -2.49. The monoisotopic (exact) mass is 248 g/mol. The van der Waals surface area contributed by atoms with Crippen LogP contribution in [0, 0.1) is 11.3 Å². The van der Waals surface area contributed by atoms with Crippen LogP contribution in [0.25, 0.3) is 0 Å². The Morgan fingerprint density at radius 1 is 0.889 bits per heavy atom. The quantitative estimate of drug-likeness (QED) is 0.459. The van der Waals surface area contributed by atoms with Crippen molar-refractivity contribution in [2.75, 3.05) is 0 Å². The summed E-state index contributed by atoms with van der Waals surface area (Å²) in [6.07, 6.45) is 10.4.